The highest BCUT2D eigenvalue weighted by Gasteiger charge is 2.31. The van der Waals surface area contributed by atoms with Gasteiger partial charge in [0.25, 0.3) is 0 Å². The molecule has 1 rings (SSSR count). The second-order valence-corrected chi connectivity index (χ2v) is 7.26. The van der Waals surface area contributed by atoms with Crippen LogP contribution in [-0.4, -0.2) is 37.5 Å². The number of benzene rings is 1. The Labute approximate surface area is 174 Å². The van der Waals surface area contributed by atoms with Gasteiger partial charge in [0.05, 0.1) is 18.7 Å². The molecule has 0 fully saturated rings. The summed E-state index contributed by atoms with van der Waals surface area (Å²) in [5, 5.41) is 10.8. The van der Waals surface area contributed by atoms with Crippen LogP contribution in [0.15, 0.2) is 18.2 Å². The lowest BCUT2D eigenvalue weighted by atomic mass is 10.0. The molecule has 0 spiro atoms. The fourth-order valence-electron chi connectivity index (χ4n) is 3.01. The molecular weight excluding hydrogens is 380 g/mol. The Morgan fingerprint density at radius 3 is 2.29 bits per heavy atom. The van der Waals surface area contributed by atoms with Crippen molar-refractivity contribution in [2.45, 2.75) is 77.4 Å². The van der Waals surface area contributed by atoms with E-state index in [1.807, 2.05) is 0 Å². The van der Waals surface area contributed by atoms with Crippen molar-refractivity contribution < 1.29 is 24.1 Å². The van der Waals surface area contributed by atoms with Crippen LogP contribution in [0.5, 0.6) is 5.75 Å². The smallest absolute Gasteiger partial charge is 0.338 e. The van der Waals surface area contributed by atoms with Gasteiger partial charge in [-0.25, -0.2) is 4.79 Å². The number of rotatable bonds is 15. The summed E-state index contributed by atoms with van der Waals surface area (Å²) in [6.45, 7) is 4.88. The molecule has 0 saturated carbocycles. The van der Waals surface area contributed by atoms with Crippen molar-refractivity contribution >= 4 is 17.6 Å². The lowest BCUT2D eigenvalue weighted by molar-refractivity contribution is -0.162. The van der Waals surface area contributed by atoms with Gasteiger partial charge in [0.1, 0.15) is 11.9 Å². The lowest BCUT2D eigenvalue weighted by Gasteiger charge is -2.22. The Kier molecular flexibility index (Phi) is 13.0. The molecule has 0 amide bonds. The Bertz CT molecular complexity index is 564. The fourth-order valence-corrected chi connectivity index (χ4v) is 3.29. The Balaban J connectivity index is 2.45. The summed E-state index contributed by atoms with van der Waals surface area (Å²) in [5.41, 5.74) is 0.407. The van der Waals surface area contributed by atoms with Gasteiger partial charge in [-0.05, 0) is 25.5 Å². The average molecular weight is 415 g/mol. The molecule has 160 valence electrons. The number of halogens is 1. The molecule has 5 nitrogen and oxygen atoms in total. The van der Waals surface area contributed by atoms with Crippen molar-refractivity contribution in [1.29, 1.82) is 0 Å². The van der Waals surface area contributed by atoms with Gasteiger partial charge in [0.2, 0.25) is 0 Å². The van der Waals surface area contributed by atoms with E-state index in [0.29, 0.717) is 22.9 Å². The lowest BCUT2D eigenvalue weighted by Crippen LogP contribution is -2.32. The monoisotopic (exact) mass is 414 g/mol. The maximum Gasteiger partial charge on any atom is 0.338 e. The topological polar surface area (TPSA) is 65.0 Å². The normalized spacial score (nSPS) is 13.2. The van der Waals surface area contributed by atoms with Gasteiger partial charge in [0, 0.05) is 12.2 Å². The van der Waals surface area contributed by atoms with Crippen LogP contribution in [0.1, 0.15) is 76.9 Å². The summed E-state index contributed by atoms with van der Waals surface area (Å²) in [6, 6.07) is 5.06. The molecule has 0 aliphatic carbocycles. The first-order valence-electron chi connectivity index (χ1n) is 10.3. The molecule has 28 heavy (non-hydrogen) atoms. The number of methoxy groups -OCH3 is 1. The third-order valence-corrected chi connectivity index (χ3v) is 4.95. The number of carbonyl (C=O) groups excluding carboxylic acids is 1. The zero-order chi connectivity index (χ0) is 20.8. The molecule has 0 saturated heterocycles. The third-order valence-electron chi connectivity index (χ3n) is 4.62. The first-order valence-corrected chi connectivity index (χ1v) is 10.7. The van der Waals surface area contributed by atoms with Crippen LogP contribution in [0, 0.1) is 0 Å². The van der Waals surface area contributed by atoms with Gasteiger partial charge in [-0.3, -0.25) is 0 Å². The fraction of sp³-hybridized carbons (Fsp3) is 0.682. The molecule has 0 radical (unpaired) electrons. The Morgan fingerprint density at radius 2 is 1.71 bits per heavy atom. The predicted octanol–water partition coefficient (Wildman–Crippen LogP) is 5.47. The minimum atomic E-state index is -1.21. The van der Waals surface area contributed by atoms with Crippen LogP contribution < -0.4 is 4.74 Å². The zero-order valence-electron chi connectivity index (χ0n) is 17.4. The largest absolute Gasteiger partial charge is 0.494 e. The summed E-state index contributed by atoms with van der Waals surface area (Å²) in [4.78, 5) is 11.8. The highest BCUT2D eigenvalue weighted by atomic mass is 35.5. The standard InChI is InChI=1S/C22H35ClO5/c1-4-6-7-8-9-10-11-12-15-28-17-13-14-18(19(23)16-17)20(24)21(27-5-2)22(25)26-3/h13-14,16,20-21,24H,4-12,15H2,1-3H3/t20-,21+/m1/s1. The number of aliphatic hydroxyl groups is 1. The second kappa shape index (κ2) is 14.7. The summed E-state index contributed by atoms with van der Waals surface area (Å²) < 4.78 is 15.8. The molecule has 0 unspecified atom stereocenters. The molecule has 1 aromatic rings. The van der Waals surface area contributed by atoms with E-state index in [-0.39, 0.29) is 6.61 Å². The summed E-state index contributed by atoms with van der Waals surface area (Å²) in [7, 11) is 1.25. The first-order chi connectivity index (χ1) is 13.5. The minimum Gasteiger partial charge on any atom is -0.494 e. The van der Waals surface area contributed by atoms with Gasteiger partial charge >= 0.3 is 5.97 Å². The molecule has 0 heterocycles. The van der Waals surface area contributed by atoms with E-state index in [1.165, 1.54) is 45.6 Å². The number of unbranched alkanes of at least 4 members (excludes halogenated alkanes) is 7. The van der Waals surface area contributed by atoms with E-state index in [9.17, 15) is 9.90 Å². The van der Waals surface area contributed by atoms with E-state index < -0.39 is 18.2 Å². The summed E-state index contributed by atoms with van der Waals surface area (Å²) in [6.07, 6.45) is 7.65. The van der Waals surface area contributed by atoms with E-state index in [4.69, 9.17) is 25.8 Å². The number of hydrogen-bond acceptors (Lipinski definition) is 5. The first kappa shape index (κ1) is 24.7. The van der Waals surface area contributed by atoms with E-state index >= 15 is 0 Å². The van der Waals surface area contributed by atoms with E-state index in [2.05, 4.69) is 6.92 Å². The highest BCUT2D eigenvalue weighted by Crippen LogP contribution is 2.30. The predicted molar refractivity (Wildman–Crippen MR) is 112 cm³/mol. The maximum atomic E-state index is 11.8. The molecule has 2 atom stereocenters. The van der Waals surface area contributed by atoms with Crippen molar-refractivity contribution in [3.63, 3.8) is 0 Å². The zero-order valence-corrected chi connectivity index (χ0v) is 18.2. The van der Waals surface area contributed by atoms with Gasteiger partial charge in [-0.2, -0.15) is 0 Å². The third kappa shape index (κ3) is 8.80. The number of carbonyl (C=O) groups is 1. The van der Waals surface area contributed by atoms with Gasteiger partial charge in [-0.15, -0.1) is 0 Å². The molecule has 1 aromatic carbocycles. The van der Waals surface area contributed by atoms with Gasteiger partial charge in [-0.1, -0.05) is 69.5 Å². The van der Waals surface area contributed by atoms with Crippen molar-refractivity contribution in [3.8, 4) is 5.75 Å². The molecule has 1 N–H and O–H groups in total. The summed E-state index contributed by atoms with van der Waals surface area (Å²) in [5.74, 6) is 0.00959. The minimum absolute atomic E-state index is 0.272. The molecule has 0 aliphatic heterocycles. The van der Waals surface area contributed by atoms with Crippen molar-refractivity contribution in [2.24, 2.45) is 0 Å². The number of esters is 1. The van der Waals surface area contributed by atoms with E-state index in [0.717, 1.165) is 12.8 Å². The number of hydrogen-bond donors (Lipinski definition) is 1. The number of ether oxygens (including phenoxy) is 3. The van der Waals surface area contributed by atoms with Crippen LogP contribution in [0.4, 0.5) is 0 Å². The molecular formula is C22H35ClO5. The molecule has 0 aliphatic rings. The number of aliphatic hydroxyl groups excluding tert-OH is 1. The maximum absolute atomic E-state index is 11.8. The van der Waals surface area contributed by atoms with Crippen molar-refractivity contribution in [1.82, 2.24) is 0 Å². The molecule has 0 aromatic heterocycles. The Morgan fingerprint density at radius 1 is 1.07 bits per heavy atom. The van der Waals surface area contributed by atoms with Crippen LogP contribution in [0.3, 0.4) is 0 Å². The van der Waals surface area contributed by atoms with Crippen LogP contribution in [0.2, 0.25) is 5.02 Å². The van der Waals surface area contributed by atoms with E-state index in [1.54, 1.807) is 25.1 Å². The summed E-state index contributed by atoms with van der Waals surface area (Å²) >= 11 is 6.29. The van der Waals surface area contributed by atoms with Gasteiger partial charge in [0.15, 0.2) is 6.10 Å². The quantitative estimate of drug-likeness (QED) is 0.304. The average Bonchev–Trinajstić information content (AvgIpc) is 2.70. The Hall–Kier alpha value is -1.30. The van der Waals surface area contributed by atoms with Gasteiger partial charge < -0.3 is 19.3 Å². The van der Waals surface area contributed by atoms with Crippen LogP contribution in [-0.2, 0) is 14.3 Å². The molecule has 6 heteroatoms. The molecule has 0 bridgehead atoms. The SMILES string of the molecule is CCCCCCCCCCOc1ccc([C@@H](O)[C@H](OCC)C(=O)OC)c(Cl)c1. The van der Waals surface area contributed by atoms with Crippen LogP contribution >= 0.6 is 11.6 Å². The van der Waals surface area contributed by atoms with Crippen molar-refractivity contribution in [2.75, 3.05) is 20.3 Å². The van der Waals surface area contributed by atoms with Crippen molar-refractivity contribution in [3.05, 3.63) is 28.8 Å². The van der Waals surface area contributed by atoms with Crippen LogP contribution in [0.25, 0.3) is 0 Å². The second-order valence-electron chi connectivity index (χ2n) is 6.85. The highest BCUT2D eigenvalue weighted by molar-refractivity contribution is 6.31.